The Hall–Kier alpha value is -1.97. The molecule has 2 spiro atoms. The van der Waals surface area contributed by atoms with Gasteiger partial charge in [0.2, 0.25) is 0 Å². The Morgan fingerprint density at radius 3 is 1.66 bits per heavy atom. The molecule has 19 heteroatoms. The third-order valence-corrected chi connectivity index (χ3v) is 22.7. The first-order valence-corrected chi connectivity index (χ1v) is 28.9. The summed E-state index contributed by atoms with van der Waals surface area (Å²) in [6, 6.07) is 7.78. The van der Waals surface area contributed by atoms with Crippen molar-refractivity contribution >= 4 is 11.8 Å². The van der Waals surface area contributed by atoms with Crippen LogP contribution >= 0.6 is 11.8 Å². The summed E-state index contributed by atoms with van der Waals surface area (Å²) in [7, 11) is 0. The number of aliphatic hydroxyl groups is 3. The fraction of sp³-hybridized carbons (Fsp3) is 0.828. The molecule has 12 rings (SSSR count). The molecule has 1 aromatic rings. The number of ether oxygens (including phenoxy) is 5. The lowest BCUT2D eigenvalue weighted by Crippen LogP contribution is -2.65. The monoisotopic (exact) mass is 1120 g/mol. The van der Waals surface area contributed by atoms with E-state index >= 15 is 8.78 Å². The first-order chi connectivity index (χ1) is 35.5. The zero-order valence-corrected chi connectivity index (χ0v) is 46.0. The normalized spacial score (nSPS) is 43.3. The number of epoxide rings is 1. The van der Waals surface area contributed by atoms with E-state index in [0.29, 0.717) is 84.2 Å². The molecule has 3 N–H and O–H groups in total. The Bertz CT molecular complexity index is 2550. The number of rotatable bonds is 5. The van der Waals surface area contributed by atoms with E-state index in [1.54, 1.807) is 11.8 Å². The van der Waals surface area contributed by atoms with E-state index in [0.717, 1.165) is 32.9 Å². The van der Waals surface area contributed by atoms with Crippen molar-refractivity contribution in [1.29, 1.82) is 0 Å². The van der Waals surface area contributed by atoms with Gasteiger partial charge in [0.25, 0.3) is 0 Å². The summed E-state index contributed by atoms with van der Waals surface area (Å²) in [6.45, 7) is 15.5. The van der Waals surface area contributed by atoms with Gasteiger partial charge in [-0.05, 0) is 135 Å². The summed E-state index contributed by atoms with van der Waals surface area (Å²) in [5.41, 5.74) is -8.22. The van der Waals surface area contributed by atoms with Crippen LogP contribution in [-0.2, 0) is 23.7 Å². The van der Waals surface area contributed by atoms with Crippen molar-refractivity contribution in [3.63, 3.8) is 0 Å². The Labute approximate surface area is 449 Å². The lowest BCUT2D eigenvalue weighted by molar-refractivity contribution is -0.362. The number of thioether (sulfide) groups is 1. The van der Waals surface area contributed by atoms with Crippen molar-refractivity contribution in [3.8, 4) is 0 Å². The standard InChI is InChI=1S/C33H43F5O4S.C25H33F5O4/c1-5-43-21-8-6-20(7-9-21)23-16-28(4)24(12-15-31(28,40)32(34,35)33(36,37)38)22-10-13-29(39)17-30(14-11-25(29)26(22)23)41-18-27(2,3)19-42-30;1-18(2)13-32-21(33-14-18)10-11-22-17-5-7-19(3)16(15(17)4-8-20(22,12-21)34-22)6-9-23(19,31)24(26,27)25(28,29)30/h6-9,22-24,39-40H,5,10-19H2,1-4H3;5,15-16,31H,4,6-14H2,1-3H3/t22?,23-,24?,28+,29-,31+;15-,16-,19-,20+,22+,23-/m10/s1. The van der Waals surface area contributed by atoms with Crippen LogP contribution in [0.4, 0.5) is 43.9 Å². The third-order valence-electron chi connectivity index (χ3n) is 21.8. The Morgan fingerprint density at radius 2 is 1.12 bits per heavy atom. The van der Waals surface area contributed by atoms with Crippen LogP contribution in [0.3, 0.4) is 0 Å². The number of hydrogen-bond acceptors (Lipinski definition) is 9. The van der Waals surface area contributed by atoms with Gasteiger partial charge in [-0.1, -0.05) is 72.2 Å². The zero-order valence-electron chi connectivity index (χ0n) is 45.2. The van der Waals surface area contributed by atoms with Crippen molar-refractivity contribution in [2.75, 3.05) is 32.2 Å². The van der Waals surface area contributed by atoms with E-state index in [9.17, 15) is 50.4 Å². The highest BCUT2D eigenvalue weighted by atomic mass is 32.2. The molecule has 3 heterocycles. The van der Waals surface area contributed by atoms with Crippen LogP contribution < -0.4 is 0 Å². The number of allylic oxidation sites excluding steroid dienone is 2. The average Bonchev–Trinajstić information content (AvgIpc) is 4.10. The first kappa shape index (κ1) is 56.9. The third kappa shape index (κ3) is 8.08. The SMILES string of the molecule is CC1(C)COC2(CC[C@]34O[C@]3(CC[C@@H]3C4=CC[C@@]4(C)[C@H]3CC[C@@]4(O)C(F)(F)C(F)(F)F)C2)OC1.CCSc1ccc([C@H]2C[C@@]3(C)C(CC[C@@]3(O)C(F)(F)C(F)(F)F)C3CC[C@@]4(O)CC5(CCC4=C32)OCC(C)(C)CO5)cc1. The molecule has 77 heavy (non-hydrogen) atoms. The average molecular weight is 1120 g/mol. The van der Waals surface area contributed by atoms with Gasteiger partial charge in [0, 0.05) is 58.2 Å². The molecule has 6 saturated carbocycles. The Kier molecular flexibility index (Phi) is 13.0. The summed E-state index contributed by atoms with van der Waals surface area (Å²) in [6.07, 6.45) is -5.52. The maximum Gasteiger partial charge on any atom is 0.456 e. The number of hydrogen-bond donors (Lipinski definition) is 3. The maximum absolute atomic E-state index is 15.3. The predicted molar refractivity (Wildman–Crippen MR) is 265 cm³/mol. The van der Waals surface area contributed by atoms with E-state index in [1.165, 1.54) is 13.8 Å². The molecule has 9 fully saturated rings. The number of alkyl halides is 10. The fourth-order valence-electron chi connectivity index (χ4n) is 17.6. The molecule has 0 bridgehead atoms. The van der Waals surface area contributed by atoms with Crippen molar-refractivity contribution in [3.05, 3.63) is 52.6 Å². The predicted octanol–water partition coefficient (Wildman–Crippen LogP) is 13.6. The minimum atomic E-state index is -5.87. The smallest absolute Gasteiger partial charge is 0.385 e. The minimum absolute atomic E-state index is 0.0147. The van der Waals surface area contributed by atoms with Gasteiger partial charge in [-0.3, -0.25) is 0 Å². The second-order valence-electron chi connectivity index (χ2n) is 27.4. The largest absolute Gasteiger partial charge is 0.456 e. The highest BCUT2D eigenvalue weighted by molar-refractivity contribution is 7.99. The van der Waals surface area contributed by atoms with E-state index in [1.807, 2.05) is 37.3 Å². The summed E-state index contributed by atoms with van der Waals surface area (Å²) in [5, 5.41) is 34.7. The summed E-state index contributed by atoms with van der Waals surface area (Å²) >= 11 is 1.66. The number of benzene rings is 1. The summed E-state index contributed by atoms with van der Waals surface area (Å²) < 4.78 is 173. The lowest BCUT2D eigenvalue weighted by atomic mass is 9.49. The molecule has 11 aliphatic rings. The quantitative estimate of drug-likeness (QED) is 0.115. The highest BCUT2D eigenvalue weighted by Gasteiger charge is 2.83. The van der Waals surface area contributed by atoms with Crippen LogP contribution in [0.15, 0.2) is 52.0 Å². The molecule has 8 nitrogen and oxygen atoms in total. The van der Waals surface area contributed by atoms with Gasteiger partial charge in [0.1, 0.15) is 22.4 Å². The van der Waals surface area contributed by atoms with Gasteiger partial charge in [0.05, 0.1) is 32.0 Å². The topological polar surface area (TPSA) is 110 Å². The molecule has 3 aliphatic heterocycles. The van der Waals surface area contributed by atoms with Gasteiger partial charge in [-0.25, -0.2) is 0 Å². The van der Waals surface area contributed by atoms with Crippen LogP contribution in [0.1, 0.15) is 163 Å². The van der Waals surface area contributed by atoms with Gasteiger partial charge >= 0.3 is 24.2 Å². The molecule has 0 amide bonds. The molecule has 2 unspecified atom stereocenters. The molecule has 8 aliphatic carbocycles. The van der Waals surface area contributed by atoms with Crippen molar-refractivity contribution in [2.24, 2.45) is 45.3 Å². The van der Waals surface area contributed by atoms with Crippen LogP contribution in [0.5, 0.6) is 0 Å². The van der Waals surface area contributed by atoms with Gasteiger partial charge in [-0.15, -0.1) is 11.8 Å². The molecule has 432 valence electrons. The number of fused-ring (bicyclic) bond motifs is 7. The van der Waals surface area contributed by atoms with Crippen LogP contribution in [0.25, 0.3) is 0 Å². The van der Waals surface area contributed by atoms with Crippen molar-refractivity contribution in [2.45, 2.75) is 226 Å². The zero-order chi connectivity index (χ0) is 55.9. The second-order valence-corrected chi connectivity index (χ2v) is 28.8. The molecule has 0 aromatic heterocycles. The van der Waals surface area contributed by atoms with Gasteiger partial charge in [-0.2, -0.15) is 43.9 Å². The maximum atomic E-state index is 15.3. The number of halogens is 10. The lowest BCUT2D eigenvalue weighted by Gasteiger charge is -2.59. The van der Waals surface area contributed by atoms with Gasteiger partial charge < -0.3 is 39.0 Å². The summed E-state index contributed by atoms with van der Waals surface area (Å²) in [4.78, 5) is 1.04. The van der Waals surface area contributed by atoms with E-state index in [-0.39, 0.29) is 54.8 Å². The fourth-order valence-corrected chi connectivity index (χ4v) is 18.3. The van der Waals surface area contributed by atoms with E-state index < -0.39 is 105 Å². The van der Waals surface area contributed by atoms with Crippen LogP contribution in [0, 0.1) is 45.3 Å². The van der Waals surface area contributed by atoms with Crippen LogP contribution in [0.2, 0.25) is 0 Å². The van der Waals surface area contributed by atoms with Crippen molar-refractivity contribution in [1.82, 2.24) is 0 Å². The molecule has 0 radical (unpaired) electrons. The Morgan fingerprint density at radius 1 is 0.597 bits per heavy atom. The first-order valence-electron chi connectivity index (χ1n) is 28.0. The van der Waals surface area contributed by atoms with E-state index in [4.69, 9.17) is 23.7 Å². The summed E-state index contributed by atoms with van der Waals surface area (Å²) in [5.74, 6) is -13.1. The van der Waals surface area contributed by atoms with Crippen LogP contribution in [-0.4, -0.2) is 111 Å². The molecular formula is C58H76F10O8S. The van der Waals surface area contributed by atoms with Crippen molar-refractivity contribution < 1.29 is 82.9 Å². The van der Waals surface area contributed by atoms with E-state index in [2.05, 4.69) is 27.7 Å². The minimum Gasteiger partial charge on any atom is -0.385 e. The van der Waals surface area contributed by atoms with Gasteiger partial charge in [0.15, 0.2) is 11.6 Å². The Balaban J connectivity index is 0.000000168. The molecule has 3 saturated heterocycles. The molecule has 12 atom stereocenters. The molecule has 1 aromatic carbocycles. The molecular weight excluding hydrogens is 1050 g/mol. The second kappa shape index (κ2) is 17.5. The highest BCUT2D eigenvalue weighted by Crippen LogP contribution is 2.76.